The van der Waals surface area contributed by atoms with Crippen LogP contribution >= 0.6 is 0 Å². The van der Waals surface area contributed by atoms with E-state index in [2.05, 4.69) is 43.9 Å². The number of benzene rings is 1. The molecule has 0 aromatic heterocycles. The van der Waals surface area contributed by atoms with Crippen LogP contribution in [0.2, 0.25) is 0 Å². The smallest absolute Gasteiger partial charge is 0.144 e. The fourth-order valence-corrected chi connectivity index (χ4v) is 2.67. The van der Waals surface area contributed by atoms with E-state index >= 15 is 0 Å². The van der Waals surface area contributed by atoms with Crippen molar-refractivity contribution in [3.05, 3.63) is 41.1 Å². The van der Waals surface area contributed by atoms with Gasteiger partial charge in [0.1, 0.15) is 6.29 Å². The third kappa shape index (κ3) is 1.68. The van der Waals surface area contributed by atoms with Crippen molar-refractivity contribution in [2.24, 2.45) is 0 Å². The van der Waals surface area contributed by atoms with Crippen LogP contribution in [0.25, 0.3) is 0 Å². The molecule has 0 saturated heterocycles. The highest BCUT2D eigenvalue weighted by Crippen LogP contribution is 2.46. The van der Waals surface area contributed by atoms with Crippen molar-refractivity contribution in [2.45, 2.75) is 32.6 Å². The maximum atomic E-state index is 10.8. The van der Waals surface area contributed by atoms with Crippen LogP contribution in [-0.2, 0) is 16.6 Å². The van der Waals surface area contributed by atoms with Crippen molar-refractivity contribution in [1.29, 1.82) is 0 Å². The van der Waals surface area contributed by atoms with Crippen molar-refractivity contribution in [2.75, 3.05) is 11.9 Å². The quantitative estimate of drug-likeness (QED) is 0.574. The second-order valence-electron chi connectivity index (χ2n) is 5.08. The Labute approximate surface area is 103 Å². The number of hydrogen-bond donors (Lipinski definition) is 0. The van der Waals surface area contributed by atoms with Crippen molar-refractivity contribution in [1.82, 2.24) is 0 Å². The standard InChI is InChI=1S/C15H19NO/c1-5-11-6-7-13-12(10-11)15(2,3)14(8-9-17)16(13)4/h6-10H,5H2,1-4H3/b14-8-. The minimum Gasteiger partial charge on any atom is -0.347 e. The molecular weight excluding hydrogens is 210 g/mol. The molecule has 2 heteroatoms. The molecule has 90 valence electrons. The molecule has 1 aliphatic heterocycles. The summed E-state index contributed by atoms with van der Waals surface area (Å²) in [4.78, 5) is 12.9. The van der Waals surface area contributed by atoms with E-state index in [-0.39, 0.29) is 5.41 Å². The number of allylic oxidation sites excluding steroid dienone is 2. The molecule has 0 unspecified atom stereocenters. The highest BCUT2D eigenvalue weighted by molar-refractivity contribution is 5.76. The van der Waals surface area contributed by atoms with E-state index in [1.165, 1.54) is 16.8 Å². The zero-order chi connectivity index (χ0) is 12.6. The topological polar surface area (TPSA) is 20.3 Å². The molecule has 0 amide bonds. The van der Waals surface area contributed by atoms with E-state index in [0.717, 1.165) is 18.4 Å². The average Bonchev–Trinajstić information content (AvgIpc) is 2.51. The maximum absolute atomic E-state index is 10.8. The van der Waals surface area contributed by atoms with Gasteiger partial charge in [0.15, 0.2) is 0 Å². The molecule has 0 saturated carbocycles. The highest BCUT2D eigenvalue weighted by atomic mass is 16.1. The SMILES string of the molecule is CCc1ccc2c(c1)C(C)(C)/C(=C/C=O)N2C. The van der Waals surface area contributed by atoms with Gasteiger partial charge in [-0.25, -0.2) is 0 Å². The first kappa shape index (κ1) is 11.9. The molecule has 0 spiro atoms. The number of aldehydes is 1. The van der Waals surface area contributed by atoms with Crippen LogP contribution in [0.4, 0.5) is 5.69 Å². The van der Waals surface area contributed by atoms with E-state index in [1.54, 1.807) is 6.08 Å². The Balaban J connectivity index is 2.62. The first-order chi connectivity index (χ1) is 8.02. The molecule has 2 rings (SSSR count). The summed E-state index contributed by atoms with van der Waals surface area (Å²) in [6.07, 6.45) is 3.59. The van der Waals surface area contributed by atoms with Gasteiger partial charge in [-0.05, 0) is 29.7 Å². The Morgan fingerprint density at radius 1 is 1.35 bits per heavy atom. The first-order valence-electron chi connectivity index (χ1n) is 6.05. The van der Waals surface area contributed by atoms with Gasteiger partial charge < -0.3 is 4.90 Å². The van der Waals surface area contributed by atoms with Crippen LogP contribution < -0.4 is 4.90 Å². The minimum absolute atomic E-state index is 0.0871. The zero-order valence-electron chi connectivity index (χ0n) is 10.9. The molecule has 1 aromatic rings. The fourth-order valence-electron chi connectivity index (χ4n) is 2.67. The molecule has 0 radical (unpaired) electrons. The summed E-state index contributed by atoms with van der Waals surface area (Å²) in [6, 6.07) is 6.58. The van der Waals surface area contributed by atoms with Gasteiger partial charge in [-0.1, -0.05) is 32.9 Å². The number of rotatable bonds is 2. The van der Waals surface area contributed by atoms with Gasteiger partial charge in [-0.3, -0.25) is 4.79 Å². The number of aryl methyl sites for hydroxylation is 1. The molecule has 17 heavy (non-hydrogen) atoms. The molecule has 1 aliphatic rings. The number of anilines is 1. The Hall–Kier alpha value is -1.57. The molecule has 0 atom stereocenters. The van der Waals surface area contributed by atoms with Crippen LogP contribution in [0.1, 0.15) is 31.9 Å². The molecule has 1 aromatic carbocycles. The maximum Gasteiger partial charge on any atom is 0.144 e. The van der Waals surface area contributed by atoms with Gasteiger partial charge >= 0.3 is 0 Å². The molecule has 1 heterocycles. The number of likely N-dealkylation sites (N-methyl/N-ethyl adjacent to an activating group) is 1. The number of carbonyl (C=O) groups is 1. The van der Waals surface area contributed by atoms with Gasteiger partial charge in [-0.2, -0.15) is 0 Å². The summed E-state index contributed by atoms with van der Waals surface area (Å²) < 4.78 is 0. The lowest BCUT2D eigenvalue weighted by molar-refractivity contribution is -0.104. The summed E-state index contributed by atoms with van der Waals surface area (Å²) in [5.74, 6) is 0. The Kier molecular flexibility index (Phi) is 2.82. The summed E-state index contributed by atoms with van der Waals surface area (Å²) in [5.41, 5.74) is 4.84. The van der Waals surface area contributed by atoms with E-state index < -0.39 is 0 Å². The molecular formula is C15H19NO. The van der Waals surface area contributed by atoms with Gasteiger partial charge in [0.05, 0.1) is 0 Å². The number of carbonyl (C=O) groups excluding carboxylic acids is 1. The van der Waals surface area contributed by atoms with Crippen LogP contribution in [0.5, 0.6) is 0 Å². The largest absolute Gasteiger partial charge is 0.347 e. The van der Waals surface area contributed by atoms with Crippen molar-refractivity contribution in [3.63, 3.8) is 0 Å². The predicted molar refractivity (Wildman–Crippen MR) is 71.4 cm³/mol. The summed E-state index contributed by atoms with van der Waals surface area (Å²) >= 11 is 0. The lowest BCUT2D eigenvalue weighted by Crippen LogP contribution is -2.23. The van der Waals surface area contributed by atoms with Crippen LogP contribution in [0.3, 0.4) is 0 Å². The number of nitrogens with zero attached hydrogens (tertiary/aromatic N) is 1. The van der Waals surface area contributed by atoms with E-state index in [9.17, 15) is 4.79 Å². The van der Waals surface area contributed by atoms with Crippen LogP contribution in [-0.4, -0.2) is 13.3 Å². The van der Waals surface area contributed by atoms with Gasteiger partial charge in [0, 0.05) is 23.8 Å². The molecule has 0 bridgehead atoms. The van der Waals surface area contributed by atoms with Crippen molar-refractivity contribution < 1.29 is 4.79 Å². The third-order valence-electron chi connectivity index (χ3n) is 3.73. The predicted octanol–water partition coefficient (Wildman–Crippen LogP) is 3.06. The zero-order valence-corrected chi connectivity index (χ0v) is 10.9. The number of hydrogen-bond acceptors (Lipinski definition) is 2. The molecule has 0 aliphatic carbocycles. The van der Waals surface area contributed by atoms with Crippen LogP contribution in [0, 0.1) is 0 Å². The average molecular weight is 229 g/mol. The van der Waals surface area contributed by atoms with Gasteiger partial charge in [-0.15, -0.1) is 0 Å². The second-order valence-corrected chi connectivity index (χ2v) is 5.08. The normalized spacial score (nSPS) is 19.5. The summed E-state index contributed by atoms with van der Waals surface area (Å²) in [5, 5.41) is 0. The first-order valence-corrected chi connectivity index (χ1v) is 6.05. The molecule has 0 N–H and O–H groups in total. The Bertz CT molecular complexity index is 486. The van der Waals surface area contributed by atoms with Crippen molar-refractivity contribution >= 4 is 12.0 Å². The molecule has 0 fully saturated rings. The Morgan fingerprint density at radius 3 is 2.65 bits per heavy atom. The fraction of sp³-hybridized carbons (Fsp3) is 0.400. The lowest BCUT2D eigenvalue weighted by atomic mass is 9.83. The van der Waals surface area contributed by atoms with E-state index in [0.29, 0.717) is 0 Å². The highest BCUT2D eigenvalue weighted by Gasteiger charge is 2.38. The van der Waals surface area contributed by atoms with E-state index in [1.807, 2.05) is 7.05 Å². The minimum atomic E-state index is -0.0871. The monoisotopic (exact) mass is 229 g/mol. The van der Waals surface area contributed by atoms with Crippen LogP contribution in [0.15, 0.2) is 30.0 Å². The van der Waals surface area contributed by atoms with Gasteiger partial charge in [0.2, 0.25) is 0 Å². The van der Waals surface area contributed by atoms with Gasteiger partial charge in [0.25, 0.3) is 0 Å². The second kappa shape index (κ2) is 4.02. The Morgan fingerprint density at radius 2 is 2.06 bits per heavy atom. The van der Waals surface area contributed by atoms with Crippen molar-refractivity contribution in [3.8, 4) is 0 Å². The third-order valence-corrected chi connectivity index (χ3v) is 3.73. The summed E-state index contributed by atoms with van der Waals surface area (Å²) in [7, 11) is 2.02. The molecule has 2 nitrogen and oxygen atoms in total. The number of fused-ring (bicyclic) bond motifs is 1. The van der Waals surface area contributed by atoms with E-state index in [4.69, 9.17) is 0 Å². The summed E-state index contributed by atoms with van der Waals surface area (Å²) in [6.45, 7) is 6.50. The lowest BCUT2D eigenvalue weighted by Gasteiger charge is -2.23.